The average molecular weight is 287 g/mol. The van der Waals surface area contributed by atoms with Crippen LogP contribution in [0.2, 0.25) is 0 Å². The summed E-state index contributed by atoms with van der Waals surface area (Å²) >= 11 is 0. The Labute approximate surface area is 117 Å². The number of carbonyl (C=O) groups is 3. The average Bonchev–Trinajstić information content (AvgIpc) is 2.70. The monoisotopic (exact) mass is 287 g/mol. The van der Waals surface area contributed by atoms with Gasteiger partial charge in [-0.2, -0.15) is 0 Å². The number of nitrogens with zero attached hydrogens (tertiary/aromatic N) is 1. The van der Waals surface area contributed by atoms with E-state index in [0.29, 0.717) is 0 Å². The topological polar surface area (TPSA) is 93.1 Å². The van der Waals surface area contributed by atoms with Crippen molar-refractivity contribution < 1.29 is 29.0 Å². The molecule has 0 saturated carbocycles. The van der Waals surface area contributed by atoms with Gasteiger partial charge in [-0.15, -0.1) is 0 Å². The minimum Gasteiger partial charge on any atom is -0.481 e. The zero-order valence-corrected chi connectivity index (χ0v) is 12.2. The Bertz CT molecular complexity index is 400. The van der Waals surface area contributed by atoms with Crippen LogP contribution in [-0.2, 0) is 19.1 Å². The fourth-order valence-electron chi connectivity index (χ4n) is 2.13. The maximum absolute atomic E-state index is 11.9. The number of rotatable bonds is 3. The second-order valence-corrected chi connectivity index (χ2v) is 5.87. The quantitative estimate of drug-likeness (QED) is 0.782. The lowest BCUT2D eigenvalue weighted by molar-refractivity contribution is -0.145. The van der Waals surface area contributed by atoms with E-state index in [-0.39, 0.29) is 19.5 Å². The van der Waals surface area contributed by atoms with Crippen molar-refractivity contribution in [1.29, 1.82) is 0 Å². The Morgan fingerprint density at radius 2 is 1.85 bits per heavy atom. The number of amides is 1. The second-order valence-electron chi connectivity index (χ2n) is 5.87. The molecule has 0 aliphatic carbocycles. The lowest BCUT2D eigenvalue weighted by Crippen LogP contribution is -2.36. The number of esters is 1. The van der Waals surface area contributed by atoms with Crippen molar-refractivity contribution >= 4 is 18.0 Å². The maximum atomic E-state index is 11.9. The summed E-state index contributed by atoms with van der Waals surface area (Å²) in [6, 6.07) is 0. The lowest BCUT2D eigenvalue weighted by atomic mass is 9.93. The lowest BCUT2D eigenvalue weighted by Gasteiger charge is -2.24. The van der Waals surface area contributed by atoms with Gasteiger partial charge in [0, 0.05) is 19.0 Å². The number of carbonyl (C=O) groups excluding carboxylic acids is 2. The predicted octanol–water partition coefficient (Wildman–Crippen LogP) is 1.12. The summed E-state index contributed by atoms with van der Waals surface area (Å²) in [5.41, 5.74) is -0.643. The zero-order valence-electron chi connectivity index (χ0n) is 12.2. The standard InChI is InChI=1S/C13H21NO6/c1-13(2,3)20-12(18)14-6-8(5-10(15)19-4)9(7-14)11(16)17/h8-9H,5-7H2,1-4H3,(H,16,17)/t8-,9-/m1/s1. The van der Waals surface area contributed by atoms with Gasteiger partial charge in [0.1, 0.15) is 5.60 Å². The molecule has 114 valence electrons. The Hall–Kier alpha value is -1.79. The van der Waals surface area contributed by atoms with E-state index in [0.717, 1.165) is 0 Å². The first kappa shape index (κ1) is 16.3. The largest absolute Gasteiger partial charge is 0.481 e. The van der Waals surface area contributed by atoms with Crippen LogP contribution in [0.4, 0.5) is 4.79 Å². The molecule has 1 fully saturated rings. The van der Waals surface area contributed by atoms with Crippen molar-refractivity contribution in [3.63, 3.8) is 0 Å². The fraction of sp³-hybridized carbons (Fsp3) is 0.769. The van der Waals surface area contributed by atoms with E-state index in [1.165, 1.54) is 12.0 Å². The summed E-state index contributed by atoms with van der Waals surface area (Å²) in [5.74, 6) is -2.73. The van der Waals surface area contributed by atoms with E-state index in [1.54, 1.807) is 20.8 Å². The minimum absolute atomic E-state index is 0.0211. The molecule has 1 amide bonds. The van der Waals surface area contributed by atoms with E-state index < -0.39 is 35.5 Å². The van der Waals surface area contributed by atoms with Crippen molar-refractivity contribution in [2.45, 2.75) is 32.8 Å². The Morgan fingerprint density at radius 1 is 1.25 bits per heavy atom. The van der Waals surface area contributed by atoms with E-state index >= 15 is 0 Å². The van der Waals surface area contributed by atoms with Crippen molar-refractivity contribution in [2.24, 2.45) is 11.8 Å². The molecule has 0 unspecified atom stereocenters. The number of hydrogen-bond acceptors (Lipinski definition) is 5. The molecule has 0 radical (unpaired) electrons. The van der Waals surface area contributed by atoms with Gasteiger partial charge in [-0.25, -0.2) is 4.79 Å². The molecule has 7 heteroatoms. The molecular formula is C13H21NO6. The fourth-order valence-corrected chi connectivity index (χ4v) is 2.13. The van der Waals surface area contributed by atoms with Gasteiger partial charge in [0.05, 0.1) is 19.4 Å². The molecule has 1 aliphatic heterocycles. The molecule has 0 aromatic heterocycles. The highest BCUT2D eigenvalue weighted by atomic mass is 16.6. The molecule has 1 rings (SSSR count). The minimum atomic E-state index is -1.02. The molecule has 7 nitrogen and oxygen atoms in total. The van der Waals surface area contributed by atoms with Gasteiger partial charge in [-0.3, -0.25) is 9.59 Å². The summed E-state index contributed by atoms with van der Waals surface area (Å²) in [6.07, 6.45) is -0.580. The zero-order chi connectivity index (χ0) is 15.5. The first-order chi connectivity index (χ1) is 9.14. The highest BCUT2D eigenvalue weighted by Gasteiger charge is 2.42. The molecule has 1 aliphatic rings. The summed E-state index contributed by atoms with van der Waals surface area (Å²) in [5, 5.41) is 9.17. The number of aliphatic carboxylic acids is 1. The molecule has 0 spiro atoms. The summed E-state index contributed by atoms with van der Waals surface area (Å²) in [7, 11) is 1.25. The molecule has 1 saturated heterocycles. The van der Waals surface area contributed by atoms with E-state index in [1.807, 2.05) is 0 Å². The summed E-state index contributed by atoms with van der Waals surface area (Å²) in [4.78, 5) is 35.8. The van der Waals surface area contributed by atoms with Gasteiger partial charge in [-0.1, -0.05) is 0 Å². The first-order valence-electron chi connectivity index (χ1n) is 6.41. The third-order valence-electron chi connectivity index (χ3n) is 3.07. The number of methoxy groups -OCH3 is 1. The first-order valence-corrected chi connectivity index (χ1v) is 6.41. The van der Waals surface area contributed by atoms with Crippen molar-refractivity contribution in [3.8, 4) is 0 Å². The van der Waals surface area contributed by atoms with Crippen LogP contribution in [0.5, 0.6) is 0 Å². The SMILES string of the molecule is COC(=O)C[C@@H]1CN(C(=O)OC(C)(C)C)C[C@H]1C(=O)O. The van der Waals surface area contributed by atoms with Crippen LogP contribution in [-0.4, -0.2) is 53.8 Å². The van der Waals surface area contributed by atoms with Gasteiger partial charge in [0.2, 0.25) is 0 Å². The molecular weight excluding hydrogens is 266 g/mol. The van der Waals surface area contributed by atoms with Gasteiger partial charge in [0.25, 0.3) is 0 Å². The number of hydrogen-bond donors (Lipinski definition) is 1. The number of carboxylic acids is 1. The molecule has 2 atom stereocenters. The third kappa shape index (κ3) is 4.40. The van der Waals surface area contributed by atoms with Crippen LogP contribution >= 0.6 is 0 Å². The van der Waals surface area contributed by atoms with Crippen LogP contribution in [0.3, 0.4) is 0 Å². The smallest absolute Gasteiger partial charge is 0.410 e. The molecule has 1 N–H and O–H groups in total. The van der Waals surface area contributed by atoms with Crippen LogP contribution in [0.1, 0.15) is 27.2 Å². The Morgan fingerprint density at radius 3 is 2.30 bits per heavy atom. The number of ether oxygens (including phenoxy) is 2. The summed E-state index contributed by atoms with van der Waals surface area (Å²) < 4.78 is 9.76. The van der Waals surface area contributed by atoms with Crippen LogP contribution < -0.4 is 0 Å². The van der Waals surface area contributed by atoms with E-state index in [4.69, 9.17) is 4.74 Å². The molecule has 0 aromatic carbocycles. The summed E-state index contributed by atoms with van der Waals surface area (Å²) in [6.45, 7) is 5.44. The van der Waals surface area contributed by atoms with E-state index in [9.17, 15) is 19.5 Å². The number of carboxylic acid groups (broad SMARTS) is 1. The van der Waals surface area contributed by atoms with Gasteiger partial charge < -0.3 is 19.5 Å². The van der Waals surface area contributed by atoms with Gasteiger partial charge in [-0.05, 0) is 20.8 Å². The second kappa shape index (κ2) is 6.11. The normalized spacial score (nSPS) is 22.5. The molecule has 0 aromatic rings. The van der Waals surface area contributed by atoms with Crippen LogP contribution in [0.25, 0.3) is 0 Å². The third-order valence-corrected chi connectivity index (χ3v) is 3.07. The van der Waals surface area contributed by atoms with Crippen LogP contribution in [0, 0.1) is 11.8 Å². The van der Waals surface area contributed by atoms with Gasteiger partial charge in [0.15, 0.2) is 0 Å². The molecule has 20 heavy (non-hydrogen) atoms. The van der Waals surface area contributed by atoms with Gasteiger partial charge >= 0.3 is 18.0 Å². The Balaban J connectivity index is 2.72. The number of likely N-dealkylation sites (tertiary alicyclic amines) is 1. The highest BCUT2D eigenvalue weighted by molar-refractivity contribution is 5.77. The maximum Gasteiger partial charge on any atom is 0.410 e. The van der Waals surface area contributed by atoms with Crippen molar-refractivity contribution in [2.75, 3.05) is 20.2 Å². The highest BCUT2D eigenvalue weighted by Crippen LogP contribution is 2.28. The molecule has 0 bridgehead atoms. The van der Waals surface area contributed by atoms with Crippen molar-refractivity contribution in [1.82, 2.24) is 4.90 Å². The van der Waals surface area contributed by atoms with Crippen molar-refractivity contribution in [3.05, 3.63) is 0 Å². The Kier molecular flexibility index (Phi) is 4.97. The van der Waals surface area contributed by atoms with Crippen LogP contribution in [0.15, 0.2) is 0 Å². The predicted molar refractivity (Wildman–Crippen MR) is 69.1 cm³/mol. The molecule has 1 heterocycles. The van der Waals surface area contributed by atoms with E-state index in [2.05, 4.69) is 4.74 Å².